The molecule has 4 heteroatoms. The topological polar surface area (TPSA) is 45.8 Å². The Morgan fingerprint density at radius 1 is 0.926 bits per heavy atom. The first-order chi connectivity index (χ1) is 13.2. The first-order valence-electron chi connectivity index (χ1n) is 9.41. The number of hydrogen-bond donors (Lipinski definition) is 1. The largest absolute Gasteiger partial charge is 0.491 e. The summed E-state index contributed by atoms with van der Waals surface area (Å²) < 4.78 is 11.2. The van der Waals surface area contributed by atoms with Crippen molar-refractivity contribution in [1.82, 2.24) is 4.90 Å². The van der Waals surface area contributed by atoms with Crippen molar-refractivity contribution in [1.29, 1.82) is 0 Å². The molecule has 0 aliphatic heterocycles. The van der Waals surface area contributed by atoms with Crippen LogP contribution in [-0.2, 0) is 19.5 Å². The minimum Gasteiger partial charge on any atom is -0.491 e. The van der Waals surface area contributed by atoms with Crippen molar-refractivity contribution in [2.45, 2.75) is 32.5 Å². The maximum absolute atomic E-state index is 10.5. The van der Waals surface area contributed by atoms with E-state index in [1.807, 2.05) is 42.5 Å². The molecule has 0 amide bonds. The summed E-state index contributed by atoms with van der Waals surface area (Å²) in [6, 6.07) is 22.0. The smallest absolute Gasteiger partial charge is 0.119 e. The molecule has 1 unspecified atom stereocenters. The van der Waals surface area contributed by atoms with Crippen molar-refractivity contribution >= 4 is 0 Å². The van der Waals surface area contributed by atoms with E-state index in [4.69, 9.17) is 9.15 Å². The summed E-state index contributed by atoms with van der Waals surface area (Å²) in [7, 11) is 0. The van der Waals surface area contributed by atoms with E-state index in [1.54, 1.807) is 6.26 Å². The number of rotatable bonds is 10. The third-order valence-corrected chi connectivity index (χ3v) is 4.45. The minimum absolute atomic E-state index is 0.257. The Morgan fingerprint density at radius 3 is 2.33 bits per heavy atom. The van der Waals surface area contributed by atoms with Crippen molar-refractivity contribution in [2.24, 2.45) is 0 Å². The summed E-state index contributed by atoms with van der Waals surface area (Å²) in [6.45, 7) is 4.30. The van der Waals surface area contributed by atoms with E-state index in [0.717, 1.165) is 24.5 Å². The quantitative estimate of drug-likeness (QED) is 0.582. The maximum atomic E-state index is 10.5. The fourth-order valence-electron chi connectivity index (χ4n) is 3.01. The van der Waals surface area contributed by atoms with Crippen LogP contribution in [-0.4, -0.2) is 29.3 Å². The number of benzene rings is 2. The van der Waals surface area contributed by atoms with Gasteiger partial charge in [0.25, 0.3) is 0 Å². The van der Waals surface area contributed by atoms with Gasteiger partial charge in [0.1, 0.15) is 24.2 Å². The number of para-hydroxylation sites is 1. The van der Waals surface area contributed by atoms with Gasteiger partial charge >= 0.3 is 0 Å². The third-order valence-electron chi connectivity index (χ3n) is 4.45. The van der Waals surface area contributed by atoms with Crippen LogP contribution in [0, 0.1) is 0 Å². The van der Waals surface area contributed by atoms with Crippen molar-refractivity contribution < 1.29 is 14.3 Å². The van der Waals surface area contributed by atoms with Crippen LogP contribution >= 0.6 is 0 Å². The van der Waals surface area contributed by atoms with Crippen LogP contribution in [0.1, 0.15) is 23.8 Å². The van der Waals surface area contributed by atoms with Gasteiger partial charge in [-0.2, -0.15) is 0 Å². The Morgan fingerprint density at radius 2 is 1.67 bits per heavy atom. The molecule has 1 atom stereocenters. The number of nitrogens with zero attached hydrogens (tertiary/aromatic N) is 1. The SMILES string of the molecule is CCc1ccc(CN(Cc2ccco2)CC(O)COc2ccccc2)cc1. The second-order valence-electron chi connectivity index (χ2n) is 6.70. The number of aryl methyl sites for hydroxylation is 1. The molecule has 0 saturated carbocycles. The molecule has 0 aliphatic rings. The first kappa shape index (κ1) is 19.2. The summed E-state index contributed by atoms with van der Waals surface area (Å²) in [5.41, 5.74) is 2.54. The molecule has 0 spiro atoms. The molecule has 0 bridgehead atoms. The van der Waals surface area contributed by atoms with E-state index in [9.17, 15) is 5.11 Å². The molecule has 1 aromatic heterocycles. The molecule has 2 aromatic carbocycles. The van der Waals surface area contributed by atoms with Crippen LogP contribution in [0.5, 0.6) is 5.75 Å². The summed E-state index contributed by atoms with van der Waals surface area (Å²) >= 11 is 0. The van der Waals surface area contributed by atoms with E-state index >= 15 is 0 Å². The summed E-state index contributed by atoms with van der Waals surface area (Å²) in [4.78, 5) is 2.18. The summed E-state index contributed by atoms with van der Waals surface area (Å²) in [6.07, 6.45) is 2.12. The van der Waals surface area contributed by atoms with Gasteiger partial charge in [-0.25, -0.2) is 0 Å². The second kappa shape index (κ2) is 9.95. The average Bonchev–Trinajstić information content (AvgIpc) is 3.21. The average molecular weight is 365 g/mol. The lowest BCUT2D eigenvalue weighted by molar-refractivity contribution is 0.0604. The normalized spacial score (nSPS) is 12.3. The van der Waals surface area contributed by atoms with Crippen LogP contribution < -0.4 is 4.74 Å². The third kappa shape index (κ3) is 6.27. The van der Waals surface area contributed by atoms with Gasteiger partial charge in [0.2, 0.25) is 0 Å². The fraction of sp³-hybridized carbons (Fsp3) is 0.304. The highest BCUT2D eigenvalue weighted by Gasteiger charge is 2.15. The standard InChI is InChI=1S/C23H27NO3/c1-2-19-10-12-20(13-11-19)15-24(17-23-9-6-14-26-23)16-21(25)18-27-22-7-4-3-5-8-22/h3-14,21,25H,2,15-18H2,1H3. The van der Waals surface area contributed by atoms with E-state index in [2.05, 4.69) is 36.1 Å². The molecule has 0 radical (unpaired) electrons. The lowest BCUT2D eigenvalue weighted by Gasteiger charge is -2.24. The number of furan rings is 1. The molecule has 0 saturated heterocycles. The van der Waals surface area contributed by atoms with Gasteiger partial charge in [0.05, 0.1) is 12.8 Å². The molecular weight excluding hydrogens is 338 g/mol. The van der Waals surface area contributed by atoms with E-state index < -0.39 is 6.10 Å². The van der Waals surface area contributed by atoms with Crippen molar-refractivity contribution in [3.8, 4) is 5.75 Å². The van der Waals surface area contributed by atoms with Crippen LogP contribution in [0.2, 0.25) is 0 Å². The Bertz CT molecular complexity index is 769. The summed E-state index contributed by atoms with van der Waals surface area (Å²) in [5.74, 6) is 1.65. The first-order valence-corrected chi connectivity index (χ1v) is 9.41. The van der Waals surface area contributed by atoms with Gasteiger partial charge in [0, 0.05) is 13.1 Å². The monoisotopic (exact) mass is 365 g/mol. The molecule has 4 nitrogen and oxygen atoms in total. The van der Waals surface area contributed by atoms with Gasteiger partial charge in [-0.15, -0.1) is 0 Å². The van der Waals surface area contributed by atoms with Crippen LogP contribution in [0.25, 0.3) is 0 Å². The molecule has 142 valence electrons. The van der Waals surface area contributed by atoms with Gasteiger partial charge in [-0.3, -0.25) is 4.90 Å². The minimum atomic E-state index is -0.588. The predicted octanol–water partition coefficient (Wildman–Crippen LogP) is 4.28. The molecular formula is C23H27NO3. The van der Waals surface area contributed by atoms with Gasteiger partial charge < -0.3 is 14.3 Å². The van der Waals surface area contributed by atoms with Crippen molar-refractivity contribution in [3.05, 3.63) is 89.9 Å². The molecule has 3 aromatic rings. The second-order valence-corrected chi connectivity index (χ2v) is 6.70. The number of aliphatic hydroxyl groups is 1. The Balaban J connectivity index is 1.59. The van der Waals surface area contributed by atoms with Gasteiger partial charge in [-0.05, 0) is 41.8 Å². The fourth-order valence-corrected chi connectivity index (χ4v) is 3.01. The molecule has 1 heterocycles. The van der Waals surface area contributed by atoms with Crippen LogP contribution in [0.15, 0.2) is 77.4 Å². The Hall–Kier alpha value is -2.56. The van der Waals surface area contributed by atoms with E-state index in [-0.39, 0.29) is 6.61 Å². The predicted molar refractivity (Wildman–Crippen MR) is 107 cm³/mol. The van der Waals surface area contributed by atoms with Gasteiger partial charge in [0.15, 0.2) is 0 Å². The number of aliphatic hydroxyl groups excluding tert-OH is 1. The molecule has 0 aliphatic carbocycles. The maximum Gasteiger partial charge on any atom is 0.119 e. The zero-order valence-corrected chi connectivity index (χ0v) is 15.8. The van der Waals surface area contributed by atoms with Crippen LogP contribution in [0.3, 0.4) is 0 Å². The highest BCUT2D eigenvalue weighted by atomic mass is 16.5. The Labute approximate surface area is 161 Å². The Kier molecular flexibility index (Phi) is 7.08. The van der Waals surface area contributed by atoms with E-state index in [0.29, 0.717) is 13.1 Å². The molecule has 1 N–H and O–H groups in total. The molecule has 0 fully saturated rings. The zero-order valence-electron chi connectivity index (χ0n) is 15.8. The number of ether oxygens (including phenoxy) is 1. The highest BCUT2D eigenvalue weighted by molar-refractivity contribution is 5.23. The lowest BCUT2D eigenvalue weighted by Crippen LogP contribution is -2.35. The summed E-state index contributed by atoms with van der Waals surface area (Å²) in [5, 5.41) is 10.5. The van der Waals surface area contributed by atoms with Crippen molar-refractivity contribution in [2.75, 3.05) is 13.2 Å². The highest BCUT2D eigenvalue weighted by Crippen LogP contribution is 2.14. The van der Waals surface area contributed by atoms with Crippen molar-refractivity contribution in [3.63, 3.8) is 0 Å². The number of hydrogen-bond acceptors (Lipinski definition) is 4. The van der Waals surface area contributed by atoms with Gasteiger partial charge in [-0.1, -0.05) is 49.4 Å². The van der Waals surface area contributed by atoms with Crippen LogP contribution in [0.4, 0.5) is 0 Å². The zero-order chi connectivity index (χ0) is 18.9. The lowest BCUT2D eigenvalue weighted by atomic mass is 10.1. The molecule has 3 rings (SSSR count). The molecule has 27 heavy (non-hydrogen) atoms. The van der Waals surface area contributed by atoms with E-state index in [1.165, 1.54) is 11.1 Å².